The fourth-order valence-electron chi connectivity index (χ4n) is 1.20. The van der Waals surface area contributed by atoms with Crippen LogP contribution in [0.4, 0.5) is 0 Å². The van der Waals surface area contributed by atoms with Gasteiger partial charge >= 0.3 is 5.97 Å². The van der Waals surface area contributed by atoms with Gasteiger partial charge in [-0.05, 0) is 0 Å². The fraction of sp³-hybridized carbons (Fsp3) is 0.778. The first-order valence-electron chi connectivity index (χ1n) is 5.18. The Hall–Kier alpha value is -1.14. The van der Waals surface area contributed by atoms with Crippen molar-refractivity contribution in [3.8, 4) is 0 Å². The second kappa shape index (κ2) is 7.45. The molecule has 0 aliphatic carbocycles. The van der Waals surface area contributed by atoms with Gasteiger partial charge in [0.25, 0.3) is 0 Å². The van der Waals surface area contributed by atoms with Gasteiger partial charge < -0.3 is 41.5 Å². The molecule has 0 bridgehead atoms. The second-order valence-corrected chi connectivity index (χ2v) is 3.89. The largest absolute Gasteiger partial charge is 0.479 e. The maximum atomic E-state index is 11.4. The number of carboxylic acids is 1. The van der Waals surface area contributed by atoms with Crippen LogP contribution in [0.2, 0.25) is 0 Å². The number of carboxylic acid groups (broad SMARTS) is 1. The number of aliphatic hydroxyl groups excluding tert-OH is 6. The Morgan fingerprint density at radius 1 is 0.947 bits per heavy atom. The highest BCUT2D eigenvalue weighted by atomic mass is 16.4. The molecule has 0 amide bonds. The van der Waals surface area contributed by atoms with E-state index in [1.807, 2.05) is 0 Å². The summed E-state index contributed by atoms with van der Waals surface area (Å²) in [7, 11) is 0. The zero-order valence-electron chi connectivity index (χ0n) is 9.70. The second-order valence-electron chi connectivity index (χ2n) is 3.89. The molecule has 0 aliphatic heterocycles. The molecule has 19 heavy (non-hydrogen) atoms. The smallest absolute Gasteiger partial charge is 0.335 e. The predicted molar refractivity (Wildman–Crippen MR) is 57.7 cm³/mol. The molecule has 0 aliphatic rings. The van der Waals surface area contributed by atoms with E-state index in [2.05, 4.69) is 0 Å². The number of aliphatic hydroxyl groups is 6. The normalized spacial score (nSPS) is 21.0. The monoisotopic (exact) mass is 283 g/mol. The van der Waals surface area contributed by atoms with Gasteiger partial charge in [0.15, 0.2) is 18.0 Å². The Labute approximate surface area is 107 Å². The van der Waals surface area contributed by atoms with Crippen LogP contribution >= 0.6 is 0 Å². The van der Waals surface area contributed by atoms with Crippen molar-refractivity contribution in [3.63, 3.8) is 0 Å². The molecule has 0 spiro atoms. The molecule has 6 atom stereocenters. The summed E-state index contributed by atoms with van der Waals surface area (Å²) < 4.78 is 0. The van der Waals surface area contributed by atoms with Gasteiger partial charge in [-0.3, -0.25) is 4.79 Å². The van der Waals surface area contributed by atoms with Gasteiger partial charge in [-0.25, -0.2) is 4.79 Å². The molecule has 10 heteroatoms. The molecule has 2 unspecified atom stereocenters. The standard InChI is InChI=1S/C9H17NO9/c10-3(5(14)4(13)2(12)1-11)6(15)7(16)8(17)9(18)19/h2-5,7-8,11-14,16-17H,1,10H2,(H,18,19)/t2-,3?,4+,5+,7?,8+/m0/s1. The average molecular weight is 283 g/mol. The Kier molecular flexibility index (Phi) is 7.00. The minimum atomic E-state index is -2.44. The molecule has 0 aromatic heterocycles. The van der Waals surface area contributed by atoms with E-state index in [1.54, 1.807) is 0 Å². The molecular weight excluding hydrogens is 266 g/mol. The van der Waals surface area contributed by atoms with Crippen LogP contribution in [0.15, 0.2) is 0 Å². The number of ketones is 1. The first kappa shape index (κ1) is 17.9. The highest BCUT2D eigenvalue weighted by Gasteiger charge is 2.39. The molecule has 9 N–H and O–H groups in total. The first-order valence-corrected chi connectivity index (χ1v) is 5.18. The molecule has 0 heterocycles. The lowest BCUT2D eigenvalue weighted by Crippen LogP contribution is -2.57. The van der Waals surface area contributed by atoms with E-state index in [0.717, 1.165) is 0 Å². The Balaban J connectivity index is 4.77. The average Bonchev–Trinajstić information content (AvgIpc) is 2.40. The number of aliphatic carboxylic acids is 1. The van der Waals surface area contributed by atoms with Crippen LogP contribution in [0.5, 0.6) is 0 Å². The lowest BCUT2D eigenvalue weighted by Gasteiger charge is -2.27. The van der Waals surface area contributed by atoms with Crippen LogP contribution in [0.25, 0.3) is 0 Å². The summed E-state index contributed by atoms with van der Waals surface area (Å²) >= 11 is 0. The topological polar surface area (TPSA) is 202 Å². The zero-order chi connectivity index (χ0) is 15.3. The quantitative estimate of drug-likeness (QED) is 0.212. The van der Waals surface area contributed by atoms with Crippen molar-refractivity contribution in [2.24, 2.45) is 5.73 Å². The molecule has 0 saturated carbocycles. The van der Waals surface area contributed by atoms with Crippen molar-refractivity contribution in [2.45, 2.75) is 36.6 Å². The van der Waals surface area contributed by atoms with E-state index in [9.17, 15) is 24.9 Å². The van der Waals surface area contributed by atoms with Crippen LogP contribution in [0.3, 0.4) is 0 Å². The van der Waals surface area contributed by atoms with Gasteiger partial charge in [0.05, 0.1) is 12.6 Å². The van der Waals surface area contributed by atoms with Crippen molar-refractivity contribution in [2.75, 3.05) is 6.61 Å². The van der Waals surface area contributed by atoms with Crippen molar-refractivity contribution < 1.29 is 45.3 Å². The van der Waals surface area contributed by atoms with Crippen LogP contribution in [0.1, 0.15) is 0 Å². The molecule has 0 radical (unpaired) electrons. The van der Waals surface area contributed by atoms with Gasteiger partial charge in [-0.2, -0.15) is 0 Å². The number of nitrogens with two attached hydrogens (primary N) is 1. The van der Waals surface area contributed by atoms with E-state index in [4.69, 9.17) is 26.2 Å². The first-order chi connectivity index (χ1) is 8.64. The van der Waals surface area contributed by atoms with Gasteiger partial charge in [0, 0.05) is 0 Å². The van der Waals surface area contributed by atoms with E-state index in [1.165, 1.54) is 0 Å². The van der Waals surface area contributed by atoms with Gasteiger partial charge in [-0.15, -0.1) is 0 Å². The summed E-state index contributed by atoms with van der Waals surface area (Å²) in [5.41, 5.74) is 5.18. The molecule has 0 aromatic rings. The zero-order valence-corrected chi connectivity index (χ0v) is 9.70. The fourth-order valence-corrected chi connectivity index (χ4v) is 1.20. The number of hydrogen-bond donors (Lipinski definition) is 8. The molecule has 10 nitrogen and oxygen atoms in total. The minimum Gasteiger partial charge on any atom is -0.479 e. The van der Waals surface area contributed by atoms with Crippen LogP contribution in [-0.4, -0.2) is 90.7 Å². The summed E-state index contributed by atoms with van der Waals surface area (Å²) in [6, 6.07) is -1.96. The van der Waals surface area contributed by atoms with E-state index in [-0.39, 0.29) is 0 Å². The van der Waals surface area contributed by atoms with Crippen molar-refractivity contribution >= 4 is 11.8 Å². The lowest BCUT2D eigenvalue weighted by atomic mass is 9.94. The lowest BCUT2D eigenvalue weighted by molar-refractivity contribution is -0.160. The summed E-state index contributed by atoms with van der Waals surface area (Å²) in [6.07, 6.45) is -10.7. The molecule has 0 rings (SSSR count). The number of Topliss-reactive ketones (excluding diaryl/α,β-unsaturated/α-hetero) is 1. The summed E-state index contributed by atoms with van der Waals surface area (Å²) in [4.78, 5) is 21.8. The summed E-state index contributed by atoms with van der Waals surface area (Å²) in [6.45, 7) is -0.917. The Morgan fingerprint density at radius 3 is 1.79 bits per heavy atom. The third-order valence-electron chi connectivity index (χ3n) is 2.47. The van der Waals surface area contributed by atoms with Crippen LogP contribution in [0, 0.1) is 0 Å². The number of hydrogen-bond acceptors (Lipinski definition) is 9. The third-order valence-corrected chi connectivity index (χ3v) is 2.47. The number of rotatable bonds is 8. The Morgan fingerprint density at radius 2 is 1.42 bits per heavy atom. The maximum absolute atomic E-state index is 11.4. The van der Waals surface area contributed by atoms with Gasteiger partial charge in [0.1, 0.15) is 18.3 Å². The van der Waals surface area contributed by atoms with Crippen molar-refractivity contribution in [1.82, 2.24) is 0 Å². The highest BCUT2D eigenvalue weighted by molar-refractivity contribution is 5.93. The third kappa shape index (κ3) is 4.47. The van der Waals surface area contributed by atoms with E-state index in [0.29, 0.717) is 0 Å². The molecule has 0 saturated heterocycles. The maximum Gasteiger partial charge on any atom is 0.335 e. The van der Waals surface area contributed by atoms with E-state index >= 15 is 0 Å². The number of carbonyl (C=O) groups is 2. The van der Waals surface area contributed by atoms with Gasteiger partial charge in [-0.1, -0.05) is 0 Å². The SMILES string of the molecule is NC(C(=O)C(O)[C@@H](O)C(=O)O)[C@@H](O)[C@H](O)[C@@H](O)CO. The molecule has 0 fully saturated rings. The van der Waals surface area contributed by atoms with Crippen molar-refractivity contribution in [3.05, 3.63) is 0 Å². The summed E-state index contributed by atoms with van der Waals surface area (Å²) in [5.74, 6) is -3.31. The highest BCUT2D eigenvalue weighted by Crippen LogP contribution is 2.08. The van der Waals surface area contributed by atoms with Crippen LogP contribution < -0.4 is 5.73 Å². The molecule has 112 valence electrons. The van der Waals surface area contributed by atoms with Gasteiger partial charge in [0.2, 0.25) is 0 Å². The summed E-state index contributed by atoms with van der Waals surface area (Å²) in [5, 5.41) is 62.8. The minimum absolute atomic E-state index is 0.917. The van der Waals surface area contributed by atoms with E-state index < -0.39 is 54.9 Å². The number of carbonyl (C=O) groups excluding carboxylic acids is 1. The van der Waals surface area contributed by atoms with Crippen LogP contribution in [-0.2, 0) is 9.59 Å². The molecular formula is C9H17NO9. The Bertz CT molecular complexity index is 323. The molecule has 0 aromatic carbocycles. The predicted octanol–water partition coefficient (Wildman–Crippen LogP) is -5.24. The van der Waals surface area contributed by atoms with Crippen molar-refractivity contribution in [1.29, 1.82) is 0 Å².